The predicted octanol–water partition coefficient (Wildman–Crippen LogP) is 4.39. The number of rotatable bonds is 7. The van der Waals surface area contributed by atoms with Crippen molar-refractivity contribution < 1.29 is 36.7 Å². The maximum atomic E-state index is 12.7. The summed E-state index contributed by atoms with van der Waals surface area (Å²) in [6, 6.07) is 6.53. The van der Waals surface area contributed by atoms with Crippen LogP contribution in [0.1, 0.15) is 27.3 Å². The van der Waals surface area contributed by atoms with Crippen molar-refractivity contribution in [1.82, 2.24) is 4.57 Å². The molecule has 0 amide bonds. The largest absolute Gasteiger partial charge is 0.497 e. The number of ether oxygens (including phenoxy) is 2. The molecule has 0 saturated carbocycles. The lowest BCUT2D eigenvalue weighted by Gasteiger charge is -2.12. The number of carbonyl (C=O) groups is 2. The number of methoxy groups -OCH3 is 1. The monoisotopic (exact) mass is 423 g/mol. The summed E-state index contributed by atoms with van der Waals surface area (Å²) in [5.74, 6) is -0.600. The van der Waals surface area contributed by atoms with Crippen LogP contribution in [0.2, 0.25) is 0 Å². The van der Waals surface area contributed by atoms with Crippen molar-refractivity contribution in [3.05, 3.63) is 53.0 Å². The Bertz CT molecular complexity index is 1090. The van der Waals surface area contributed by atoms with Crippen LogP contribution in [0, 0.1) is 13.8 Å². The maximum Gasteiger partial charge on any atom is 0.406 e. The Balaban J connectivity index is 1.64. The molecule has 1 aromatic carbocycles. The smallest absolute Gasteiger partial charge is 0.406 e. The van der Waals surface area contributed by atoms with Gasteiger partial charge in [-0.25, -0.2) is 0 Å². The SMILES string of the molecule is COc1ccc2c(CC(=O)OCC(=O)c3cc(C)n(CC(F)(F)F)c3C)coc2c1. The van der Waals surface area contributed by atoms with E-state index in [1.165, 1.54) is 33.3 Å². The molecule has 3 aromatic rings. The minimum Gasteiger partial charge on any atom is -0.497 e. The van der Waals surface area contributed by atoms with Crippen molar-refractivity contribution in [2.75, 3.05) is 13.7 Å². The number of fused-ring (bicyclic) bond motifs is 1. The fraction of sp³-hybridized carbons (Fsp3) is 0.333. The number of aromatic nitrogens is 1. The molecule has 0 aliphatic carbocycles. The van der Waals surface area contributed by atoms with E-state index in [2.05, 4.69) is 0 Å². The van der Waals surface area contributed by atoms with Crippen molar-refractivity contribution in [2.24, 2.45) is 0 Å². The number of alkyl halides is 3. The Hall–Kier alpha value is -3.23. The van der Waals surface area contributed by atoms with E-state index in [4.69, 9.17) is 13.9 Å². The zero-order valence-electron chi connectivity index (χ0n) is 16.6. The number of hydrogen-bond acceptors (Lipinski definition) is 5. The highest BCUT2D eigenvalue weighted by Crippen LogP contribution is 2.26. The zero-order chi connectivity index (χ0) is 22.1. The second-order valence-electron chi connectivity index (χ2n) is 6.87. The van der Waals surface area contributed by atoms with Gasteiger partial charge in [0.05, 0.1) is 19.8 Å². The average molecular weight is 423 g/mol. The lowest BCUT2D eigenvalue weighted by Crippen LogP contribution is -2.20. The molecule has 0 saturated heterocycles. The summed E-state index contributed by atoms with van der Waals surface area (Å²) in [4.78, 5) is 24.5. The van der Waals surface area contributed by atoms with E-state index in [-0.39, 0.29) is 17.7 Å². The quantitative estimate of drug-likeness (QED) is 0.416. The number of Topliss-reactive ketones (excluding diaryl/α,β-unsaturated/α-hetero) is 1. The van der Waals surface area contributed by atoms with Gasteiger partial charge in [0, 0.05) is 34.0 Å². The molecule has 0 spiro atoms. The first-order valence-electron chi connectivity index (χ1n) is 9.05. The molecule has 30 heavy (non-hydrogen) atoms. The van der Waals surface area contributed by atoms with Crippen LogP contribution in [0.4, 0.5) is 13.2 Å². The van der Waals surface area contributed by atoms with Crippen molar-refractivity contribution in [1.29, 1.82) is 0 Å². The molecule has 160 valence electrons. The number of furan rings is 1. The summed E-state index contributed by atoms with van der Waals surface area (Å²) in [6.07, 6.45) is -3.09. The highest BCUT2D eigenvalue weighted by molar-refractivity contribution is 5.99. The summed E-state index contributed by atoms with van der Waals surface area (Å²) < 4.78 is 54.7. The van der Waals surface area contributed by atoms with Gasteiger partial charge in [-0.2, -0.15) is 13.2 Å². The first kappa shape index (κ1) is 21.5. The van der Waals surface area contributed by atoms with Gasteiger partial charge in [0.2, 0.25) is 5.78 Å². The van der Waals surface area contributed by atoms with Gasteiger partial charge in [-0.05, 0) is 32.0 Å². The summed E-state index contributed by atoms with van der Waals surface area (Å²) in [5.41, 5.74) is 1.73. The molecule has 9 heteroatoms. The van der Waals surface area contributed by atoms with Crippen molar-refractivity contribution in [3.8, 4) is 5.75 Å². The lowest BCUT2D eigenvalue weighted by molar-refractivity contribution is -0.142. The van der Waals surface area contributed by atoms with Gasteiger partial charge < -0.3 is 18.5 Å². The molecule has 2 heterocycles. The molecule has 0 fully saturated rings. The molecule has 3 rings (SSSR count). The standard InChI is InChI=1S/C21H20F3NO5/c1-12-6-17(13(2)25(12)11-21(22,23)24)18(26)10-30-20(27)7-14-9-29-19-8-15(28-3)4-5-16(14)19/h4-6,8-9H,7,10-11H2,1-3H3. The van der Waals surface area contributed by atoms with E-state index in [0.717, 1.165) is 9.95 Å². The fourth-order valence-corrected chi connectivity index (χ4v) is 3.26. The van der Waals surface area contributed by atoms with Gasteiger partial charge in [0.15, 0.2) is 6.61 Å². The number of ketones is 1. The van der Waals surface area contributed by atoms with Crippen LogP contribution in [0.25, 0.3) is 11.0 Å². The zero-order valence-corrected chi connectivity index (χ0v) is 16.6. The molecule has 0 N–H and O–H groups in total. The van der Waals surface area contributed by atoms with E-state index in [0.29, 0.717) is 22.6 Å². The van der Waals surface area contributed by atoms with Gasteiger partial charge in [0.25, 0.3) is 0 Å². The first-order valence-corrected chi connectivity index (χ1v) is 9.05. The molecular formula is C21H20F3NO5. The number of aryl methyl sites for hydroxylation is 1. The Morgan fingerprint density at radius 3 is 2.57 bits per heavy atom. The third-order valence-electron chi connectivity index (χ3n) is 4.77. The lowest BCUT2D eigenvalue weighted by atomic mass is 10.1. The molecule has 2 aromatic heterocycles. The second kappa shape index (κ2) is 8.25. The minimum atomic E-state index is -4.40. The van der Waals surface area contributed by atoms with E-state index < -0.39 is 31.1 Å². The maximum absolute atomic E-state index is 12.7. The summed E-state index contributed by atoms with van der Waals surface area (Å²) in [6.45, 7) is 1.18. The summed E-state index contributed by atoms with van der Waals surface area (Å²) >= 11 is 0. The number of carbonyl (C=O) groups excluding carboxylic acids is 2. The number of hydrogen-bond donors (Lipinski definition) is 0. The van der Waals surface area contributed by atoms with Gasteiger partial charge in [-0.1, -0.05) is 0 Å². The van der Waals surface area contributed by atoms with E-state index >= 15 is 0 Å². The van der Waals surface area contributed by atoms with E-state index in [9.17, 15) is 22.8 Å². The van der Waals surface area contributed by atoms with Gasteiger partial charge in [0.1, 0.15) is 17.9 Å². The Kier molecular flexibility index (Phi) is 5.91. The van der Waals surface area contributed by atoms with Crippen molar-refractivity contribution >= 4 is 22.7 Å². The molecule has 6 nitrogen and oxygen atoms in total. The highest BCUT2D eigenvalue weighted by Gasteiger charge is 2.30. The Morgan fingerprint density at radius 1 is 1.17 bits per heavy atom. The Labute approximate surface area is 170 Å². The predicted molar refractivity (Wildman–Crippen MR) is 102 cm³/mol. The fourth-order valence-electron chi connectivity index (χ4n) is 3.26. The third-order valence-corrected chi connectivity index (χ3v) is 4.77. The van der Waals surface area contributed by atoms with Crippen LogP contribution in [-0.4, -0.2) is 36.2 Å². The van der Waals surface area contributed by atoms with Crippen LogP contribution < -0.4 is 4.74 Å². The van der Waals surface area contributed by atoms with Crippen LogP contribution >= 0.6 is 0 Å². The number of benzene rings is 1. The van der Waals surface area contributed by atoms with Crippen molar-refractivity contribution in [2.45, 2.75) is 33.0 Å². The molecule has 0 radical (unpaired) electrons. The second-order valence-corrected chi connectivity index (χ2v) is 6.87. The van der Waals surface area contributed by atoms with Gasteiger partial charge >= 0.3 is 12.1 Å². The number of nitrogens with zero attached hydrogens (tertiary/aromatic N) is 1. The first-order chi connectivity index (χ1) is 14.1. The van der Waals surface area contributed by atoms with E-state index in [1.807, 2.05) is 0 Å². The Morgan fingerprint density at radius 2 is 1.90 bits per heavy atom. The summed E-state index contributed by atoms with van der Waals surface area (Å²) in [5, 5.41) is 0.717. The number of halogens is 3. The summed E-state index contributed by atoms with van der Waals surface area (Å²) in [7, 11) is 1.53. The van der Waals surface area contributed by atoms with Gasteiger partial charge in [-0.15, -0.1) is 0 Å². The van der Waals surface area contributed by atoms with Crippen molar-refractivity contribution in [3.63, 3.8) is 0 Å². The average Bonchev–Trinajstić information content (AvgIpc) is 3.20. The molecule has 0 aliphatic rings. The van der Waals surface area contributed by atoms with Crippen LogP contribution in [0.5, 0.6) is 5.75 Å². The minimum absolute atomic E-state index is 0.102. The molecule has 0 bridgehead atoms. The van der Waals surface area contributed by atoms with Gasteiger partial charge in [-0.3, -0.25) is 9.59 Å². The highest BCUT2D eigenvalue weighted by atomic mass is 19.4. The van der Waals surface area contributed by atoms with E-state index in [1.54, 1.807) is 18.2 Å². The third kappa shape index (κ3) is 4.67. The molecular weight excluding hydrogens is 403 g/mol. The normalized spacial score (nSPS) is 11.7. The van der Waals surface area contributed by atoms with Crippen LogP contribution in [0.15, 0.2) is 34.9 Å². The molecule has 0 unspecified atom stereocenters. The topological polar surface area (TPSA) is 70.7 Å². The van der Waals surface area contributed by atoms with Crippen LogP contribution in [0.3, 0.4) is 0 Å². The molecule has 0 aliphatic heterocycles. The number of esters is 1. The van der Waals surface area contributed by atoms with Crippen LogP contribution in [-0.2, 0) is 22.5 Å². The molecule has 0 atom stereocenters.